The van der Waals surface area contributed by atoms with Crippen molar-refractivity contribution in [1.29, 1.82) is 0 Å². The van der Waals surface area contributed by atoms with Crippen LogP contribution >= 0.6 is 0 Å². The third-order valence-electron chi connectivity index (χ3n) is 8.35. The van der Waals surface area contributed by atoms with Gasteiger partial charge in [-0.25, -0.2) is 0 Å². The number of hydrogen-bond donors (Lipinski definition) is 2. The third kappa shape index (κ3) is 10.7. The third-order valence-corrected chi connectivity index (χ3v) is 8.35. The molecular formula is C34H46F3N3O7. The summed E-state index contributed by atoms with van der Waals surface area (Å²) in [5, 5.41) is 12.6. The van der Waals surface area contributed by atoms with Gasteiger partial charge < -0.3 is 34.3 Å². The molecule has 2 N–H and O–H groups in total. The van der Waals surface area contributed by atoms with Crippen LogP contribution in [-0.2, 0) is 16.1 Å². The number of benzene rings is 2. The van der Waals surface area contributed by atoms with Gasteiger partial charge in [0.2, 0.25) is 12.7 Å². The number of alkyl halides is 3. The van der Waals surface area contributed by atoms with E-state index < -0.39 is 36.9 Å². The number of amides is 2. The molecule has 2 amide bonds. The maximum atomic E-state index is 14.2. The molecule has 0 saturated carbocycles. The molecular weight excluding hydrogens is 619 g/mol. The van der Waals surface area contributed by atoms with Crippen LogP contribution in [-0.4, -0.2) is 91.3 Å². The van der Waals surface area contributed by atoms with Crippen molar-refractivity contribution < 1.29 is 46.8 Å². The van der Waals surface area contributed by atoms with Gasteiger partial charge >= 0.3 is 6.18 Å². The molecule has 0 aromatic heterocycles. The number of ether oxygens (including phenoxy) is 4. The zero-order chi connectivity index (χ0) is 34.1. The van der Waals surface area contributed by atoms with Crippen LogP contribution in [0.3, 0.4) is 0 Å². The molecule has 2 aliphatic heterocycles. The van der Waals surface area contributed by atoms with Gasteiger partial charge in [-0.15, -0.1) is 0 Å². The molecule has 0 spiro atoms. The first-order valence-electron chi connectivity index (χ1n) is 16.1. The van der Waals surface area contributed by atoms with Gasteiger partial charge in [0, 0.05) is 44.3 Å². The molecule has 47 heavy (non-hydrogen) atoms. The van der Waals surface area contributed by atoms with Crippen LogP contribution in [0, 0.1) is 5.92 Å². The Bertz CT molecular complexity index is 1360. The summed E-state index contributed by atoms with van der Waals surface area (Å²) in [7, 11) is 2.01. The molecule has 2 aromatic carbocycles. The molecule has 0 unspecified atom stereocenters. The number of nitrogens with one attached hydrogen (secondary N) is 1. The van der Waals surface area contributed by atoms with Gasteiger partial charge in [-0.3, -0.25) is 14.5 Å². The quantitative estimate of drug-likeness (QED) is 0.355. The van der Waals surface area contributed by atoms with Crippen LogP contribution in [0.5, 0.6) is 17.2 Å². The summed E-state index contributed by atoms with van der Waals surface area (Å²) in [6.07, 6.45) is -4.60. The minimum absolute atomic E-state index is 0.146. The van der Waals surface area contributed by atoms with E-state index in [0.717, 1.165) is 24.2 Å². The summed E-state index contributed by atoms with van der Waals surface area (Å²) < 4.78 is 61.6. The van der Waals surface area contributed by atoms with Crippen molar-refractivity contribution in [2.75, 3.05) is 45.5 Å². The molecule has 2 aliphatic rings. The minimum atomic E-state index is -4.46. The van der Waals surface area contributed by atoms with E-state index >= 15 is 0 Å². The van der Waals surface area contributed by atoms with Gasteiger partial charge in [0.1, 0.15) is 5.75 Å². The van der Waals surface area contributed by atoms with Gasteiger partial charge in [0.05, 0.1) is 36.8 Å². The number of carbonyl (C=O) groups is 2. The van der Waals surface area contributed by atoms with Crippen molar-refractivity contribution in [2.24, 2.45) is 5.92 Å². The van der Waals surface area contributed by atoms with Gasteiger partial charge in [-0.05, 0) is 76.1 Å². The van der Waals surface area contributed by atoms with E-state index in [9.17, 15) is 27.9 Å². The lowest BCUT2D eigenvalue weighted by atomic mass is 10.0. The maximum Gasteiger partial charge on any atom is 0.389 e. The fourth-order valence-corrected chi connectivity index (χ4v) is 5.66. The molecule has 13 heteroatoms. The number of rotatable bonds is 9. The number of aliphatic hydroxyl groups excluding tert-OH is 1. The van der Waals surface area contributed by atoms with Gasteiger partial charge in [-0.1, -0.05) is 13.0 Å². The summed E-state index contributed by atoms with van der Waals surface area (Å²) >= 11 is 0. The van der Waals surface area contributed by atoms with Crippen LogP contribution < -0.4 is 19.5 Å². The Balaban J connectivity index is 1.56. The summed E-state index contributed by atoms with van der Waals surface area (Å²) in [5.74, 6) is 0.337. The molecule has 260 valence electrons. The van der Waals surface area contributed by atoms with E-state index in [1.165, 1.54) is 12.1 Å². The Morgan fingerprint density at radius 3 is 2.60 bits per heavy atom. The number of hydrogen-bond acceptors (Lipinski definition) is 8. The molecule has 4 rings (SSSR count). The van der Waals surface area contributed by atoms with Crippen LogP contribution in [0.15, 0.2) is 36.4 Å². The fraction of sp³-hybridized carbons (Fsp3) is 0.588. The van der Waals surface area contributed by atoms with Crippen LogP contribution in [0.1, 0.15) is 68.8 Å². The second-order valence-electron chi connectivity index (χ2n) is 12.6. The average Bonchev–Trinajstić information content (AvgIpc) is 3.49. The molecule has 0 fully saturated rings. The number of fused-ring (bicyclic) bond motifs is 2. The topological polar surface area (TPSA) is 110 Å². The van der Waals surface area contributed by atoms with Gasteiger partial charge in [-0.2, -0.15) is 13.2 Å². The van der Waals surface area contributed by atoms with E-state index in [1.54, 1.807) is 17.9 Å². The lowest BCUT2D eigenvalue weighted by molar-refractivity contribution is -0.142. The van der Waals surface area contributed by atoms with Crippen molar-refractivity contribution in [3.8, 4) is 17.2 Å². The second-order valence-corrected chi connectivity index (χ2v) is 12.6. The van der Waals surface area contributed by atoms with Crippen molar-refractivity contribution in [2.45, 2.75) is 83.8 Å². The van der Waals surface area contributed by atoms with Crippen LogP contribution in [0.25, 0.3) is 0 Å². The Morgan fingerprint density at radius 2 is 1.85 bits per heavy atom. The zero-order valence-corrected chi connectivity index (χ0v) is 27.5. The van der Waals surface area contributed by atoms with Crippen molar-refractivity contribution in [1.82, 2.24) is 9.80 Å². The Morgan fingerprint density at radius 1 is 1.11 bits per heavy atom. The van der Waals surface area contributed by atoms with E-state index in [-0.39, 0.29) is 49.3 Å². The Hall–Kier alpha value is -3.55. The molecule has 0 radical (unpaired) electrons. The van der Waals surface area contributed by atoms with Crippen LogP contribution in [0.4, 0.5) is 18.9 Å². The van der Waals surface area contributed by atoms with Crippen LogP contribution in [0.2, 0.25) is 0 Å². The van der Waals surface area contributed by atoms with E-state index in [1.807, 2.05) is 39.1 Å². The fourth-order valence-electron chi connectivity index (χ4n) is 5.66. The lowest BCUT2D eigenvalue weighted by Gasteiger charge is -2.36. The SMILES string of the molecule is C[C@@H]1CN([C@@H](C)CO)C(=O)c2cc(NC(=O)CCC(F)(F)F)ccc2O[C@@H](C)CCCCO[C@@H]1CN(C)Cc1ccc2c(c1)OCO2. The average molecular weight is 666 g/mol. The number of nitrogens with zero attached hydrogens (tertiary/aromatic N) is 2. The van der Waals surface area contributed by atoms with Crippen molar-refractivity contribution in [3.05, 3.63) is 47.5 Å². The number of halogens is 3. The monoisotopic (exact) mass is 665 g/mol. The standard InChI is InChI=1S/C34H46F3N3O7/c1-22-17-40(23(2)20-41)33(43)27-16-26(38-32(42)12-13-34(35,36)37)9-11-28(27)47-24(3)7-5-6-14-44-31(22)19-39(4)18-25-8-10-29-30(15-25)46-21-45-29/h8-11,15-16,22-24,31,41H,5-7,12-14,17-21H2,1-4H3,(H,38,42)/t22-,23+,24+,31-/m1/s1. The largest absolute Gasteiger partial charge is 0.490 e. The maximum absolute atomic E-state index is 14.2. The molecule has 10 nitrogen and oxygen atoms in total. The molecule has 2 aromatic rings. The molecule has 0 bridgehead atoms. The van der Waals surface area contributed by atoms with Gasteiger partial charge in [0.15, 0.2) is 11.5 Å². The highest BCUT2D eigenvalue weighted by Crippen LogP contribution is 2.33. The first-order chi connectivity index (χ1) is 22.3. The smallest absolute Gasteiger partial charge is 0.389 e. The van der Waals surface area contributed by atoms with E-state index in [4.69, 9.17) is 18.9 Å². The molecule has 4 atom stereocenters. The summed E-state index contributed by atoms with van der Waals surface area (Å²) in [5.41, 5.74) is 1.38. The van der Waals surface area contributed by atoms with E-state index in [2.05, 4.69) is 10.2 Å². The molecule has 0 saturated heterocycles. The highest BCUT2D eigenvalue weighted by atomic mass is 19.4. The minimum Gasteiger partial charge on any atom is -0.490 e. The number of carbonyl (C=O) groups excluding carboxylic acids is 2. The summed E-state index contributed by atoms with van der Waals surface area (Å²) in [6.45, 7) is 7.56. The van der Waals surface area contributed by atoms with Crippen molar-refractivity contribution in [3.63, 3.8) is 0 Å². The summed E-state index contributed by atoms with van der Waals surface area (Å²) in [6, 6.07) is 9.78. The molecule has 2 heterocycles. The zero-order valence-electron chi connectivity index (χ0n) is 27.5. The van der Waals surface area contributed by atoms with Gasteiger partial charge in [0.25, 0.3) is 5.91 Å². The summed E-state index contributed by atoms with van der Waals surface area (Å²) in [4.78, 5) is 30.2. The Kier molecular flexibility index (Phi) is 12.8. The van der Waals surface area contributed by atoms with E-state index in [0.29, 0.717) is 37.6 Å². The second kappa shape index (κ2) is 16.5. The molecule has 0 aliphatic carbocycles. The predicted molar refractivity (Wildman–Crippen MR) is 170 cm³/mol. The highest BCUT2D eigenvalue weighted by Gasteiger charge is 2.31. The first-order valence-corrected chi connectivity index (χ1v) is 16.1. The normalized spacial score (nSPS) is 21.5. The highest BCUT2D eigenvalue weighted by molar-refractivity contribution is 5.99. The van der Waals surface area contributed by atoms with Crippen molar-refractivity contribution >= 4 is 17.5 Å². The number of aliphatic hydroxyl groups is 1. The predicted octanol–water partition coefficient (Wildman–Crippen LogP) is 5.62. The first kappa shape index (κ1) is 36.3. The lowest BCUT2D eigenvalue weighted by Crippen LogP contribution is -2.47. The Labute approximate surface area is 274 Å². The number of likely N-dealkylation sites (N-methyl/N-ethyl adjacent to an activating group) is 1. The number of anilines is 1.